The molecule has 43 heavy (non-hydrogen) atoms. The molecule has 0 spiro atoms. The molecule has 3 amide bonds. The van der Waals surface area contributed by atoms with Gasteiger partial charge in [0, 0.05) is 36.2 Å². The molecule has 3 aromatic rings. The molecule has 0 fully saturated rings. The minimum Gasteiger partial charge on any atom is -0.445 e. The molecular formula is C34H45N3O6. The van der Waals surface area contributed by atoms with Gasteiger partial charge in [-0.25, -0.2) is 9.59 Å². The lowest BCUT2D eigenvalue weighted by Gasteiger charge is -2.19. The second kappa shape index (κ2) is 18.4. The number of carbonyl (C=O) groups is 3. The Kier molecular flexibility index (Phi) is 14.3. The predicted molar refractivity (Wildman–Crippen MR) is 169 cm³/mol. The lowest BCUT2D eigenvalue weighted by Crippen LogP contribution is -2.44. The van der Waals surface area contributed by atoms with E-state index in [1.165, 1.54) is 38.2 Å². The molecule has 0 radical (unpaired) electrons. The number of aryl methyl sites for hydroxylation is 1. The summed E-state index contributed by atoms with van der Waals surface area (Å²) in [6.45, 7) is 4.60. The van der Waals surface area contributed by atoms with Gasteiger partial charge in [-0.2, -0.15) is 0 Å². The van der Waals surface area contributed by atoms with Crippen LogP contribution in [0.3, 0.4) is 0 Å². The van der Waals surface area contributed by atoms with E-state index < -0.39 is 23.7 Å². The Labute approximate surface area is 253 Å². The monoisotopic (exact) mass is 591 g/mol. The Morgan fingerprint density at radius 1 is 0.884 bits per heavy atom. The zero-order valence-corrected chi connectivity index (χ0v) is 25.4. The number of rotatable bonds is 18. The highest BCUT2D eigenvalue weighted by atomic mass is 16.5. The summed E-state index contributed by atoms with van der Waals surface area (Å²) >= 11 is 0. The lowest BCUT2D eigenvalue weighted by atomic mass is 10.1. The number of carbonyl (C=O) groups excluding carboxylic acids is 3. The molecule has 232 valence electrons. The van der Waals surface area contributed by atoms with Crippen LogP contribution in [0.1, 0.15) is 88.7 Å². The molecule has 2 aromatic carbocycles. The number of amides is 3. The van der Waals surface area contributed by atoms with Crippen LogP contribution in [0, 0.1) is 6.92 Å². The van der Waals surface area contributed by atoms with Crippen LogP contribution in [0.5, 0.6) is 0 Å². The van der Waals surface area contributed by atoms with Crippen molar-refractivity contribution in [3.05, 3.63) is 76.1 Å². The average molecular weight is 592 g/mol. The number of ether oxygens (including phenoxy) is 1. The minimum absolute atomic E-state index is 0.0451. The first-order chi connectivity index (χ1) is 20.9. The van der Waals surface area contributed by atoms with Crippen LogP contribution >= 0.6 is 0 Å². The predicted octanol–water partition coefficient (Wildman–Crippen LogP) is 6.76. The first-order valence-electron chi connectivity index (χ1n) is 15.4. The maximum absolute atomic E-state index is 13.3. The van der Waals surface area contributed by atoms with Gasteiger partial charge in [0.05, 0.1) is 0 Å². The third-order valence-electron chi connectivity index (χ3n) is 7.29. The Balaban J connectivity index is 1.50. The summed E-state index contributed by atoms with van der Waals surface area (Å²) in [5.41, 5.74) is 1.94. The molecule has 0 aliphatic carbocycles. The third kappa shape index (κ3) is 12.3. The van der Waals surface area contributed by atoms with Crippen LogP contribution in [0.2, 0.25) is 0 Å². The molecule has 9 nitrogen and oxygen atoms in total. The second-order valence-electron chi connectivity index (χ2n) is 10.9. The quantitative estimate of drug-likeness (QED) is 0.111. The molecule has 0 saturated heterocycles. The normalized spacial score (nSPS) is 11.6. The average Bonchev–Trinajstić information content (AvgIpc) is 2.99. The van der Waals surface area contributed by atoms with E-state index in [-0.39, 0.29) is 12.5 Å². The van der Waals surface area contributed by atoms with Crippen molar-refractivity contribution >= 4 is 34.6 Å². The Bertz CT molecular complexity index is 1370. The Morgan fingerprint density at radius 2 is 1.63 bits per heavy atom. The molecule has 0 aliphatic rings. The first-order valence-corrected chi connectivity index (χ1v) is 15.4. The summed E-state index contributed by atoms with van der Waals surface area (Å²) in [4.78, 5) is 49.8. The van der Waals surface area contributed by atoms with Crippen LogP contribution in [-0.2, 0) is 20.9 Å². The van der Waals surface area contributed by atoms with Crippen LogP contribution < -0.4 is 21.6 Å². The number of hydrogen-bond acceptors (Lipinski definition) is 6. The van der Waals surface area contributed by atoms with Gasteiger partial charge in [-0.1, -0.05) is 75.8 Å². The number of benzene rings is 2. The summed E-state index contributed by atoms with van der Waals surface area (Å²) in [5, 5.41) is 9.22. The topological polar surface area (TPSA) is 127 Å². The molecule has 0 aliphatic heterocycles. The van der Waals surface area contributed by atoms with Crippen LogP contribution in [0.25, 0.3) is 11.0 Å². The van der Waals surface area contributed by atoms with E-state index in [0.717, 1.165) is 29.4 Å². The number of hydrogen-bond donors (Lipinski definition) is 3. The highest BCUT2D eigenvalue weighted by Gasteiger charge is 2.22. The Hall–Kier alpha value is -4.14. The van der Waals surface area contributed by atoms with Gasteiger partial charge in [-0.15, -0.1) is 0 Å². The maximum atomic E-state index is 13.3. The fourth-order valence-corrected chi connectivity index (χ4v) is 4.84. The standard InChI is InChI=1S/C34H45N3O6/c1-3-4-5-6-7-8-12-18-31(38)35-21-14-13-17-29(37-34(41)42-24-26-15-10-9-11-16-26)33(40)36-27-19-20-28-25(2)22-32(39)43-30(28)23-27/h9-11,15-16,19-20,22-23,29H,3-8,12-14,17-18,21,24H2,1-2H3,(H,35,38)(H,36,40)(H,37,41)/t29-/m0/s1. The van der Waals surface area contributed by atoms with Crippen molar-refractivity contribution in [2.24, 2.45) is 0 Å². The largest absolute Gasteiger partial charge is 0.445 e. The number of fused-ring (bicyclic) bond motifs is 1. The molecular weight excluding hydrogens is 546 g/mol. The summed E-state index contributed by atoms with van der Waals surface area (Å²) in [5.74, 6) is -0.377. The summed E-state index contributed by atoms with van der Waals surface area (Å²) in [6, 6.07) is 14.9. The van der Waals surface area contributed by atoms with Gasteiger partial charge in [0.25, 0.3) is 0 Å². The first kappa shape index (κ1) is 33.4. The lowest BCUT2D eigenvalue weighted by molar-refractivity contribution is -0.121. The van der Waals surface area contributed by atoms with Gasteiger partial charge >= 0.3 is 11.7 Å². The number of unbranched alkanes of at least 4 members (excludes halogenated alkanes) is 7. The fourth-order valence-electron chi connectivity index (χ4n) is 4.84. The molecule has 0 saturated carbocycles. The van der Waals surface area contributed by atoms with Gasteiger partial charge in [-0.05, 0) is 55.9 Å². The van der Waals surface area contributed by atoms with E-state index in [1.807, 2.05) is 37.3 Å². The van der Waals surface area contributed by atoms with Gasteiger partial charge in [0.2, 0.25) is 11.8 Å². The second-order valence-corrected chi connectivity index (χ2v) is 10.9. The van der Waals surface area contributed by atoms with Gasteiger partial charge in [0.15, 0.2) is 0 Å². The van der Waals surface area contributed by atoms with Crippen molar-refractivity contribution in [3.63, 3.8) is 0 Å². The number of anilines is 1. The van der Waals surface area contributed by atoms with Crippen molar-refractivity contribution in [2.45, 2.75) is 97.1 Å². The van der Waals surface area contributed by atoms with E-state index in [4.69, 9.17) is 9.15 Å². The highest BCUT2D eigenvalue weighted by Crippen LogP contribution is 2.21. The van der Waals surface area contributed by atoms with Crippen molar-refractivity contribution in [2.75, 3.05) is 11.9 Å². The highest BCUT2D eigenvalue weighted by molar-refractivity contribution is 5.98. The van der Waals surface area contributed by atoms with Crippen LogP contribution in [-0.4, -0.2) is 30.5 Å². The van der Waals surface area contributed by atoms with Crippen molar-refractivity contribution in [1.29, 1.82) is 0 Å². The number of alkyl carbamates (subject to hydrolysis) is 1. The molecule has 9 heteroatoms. The molecule has 3 rings (SSSR count). The molecule has 1 atom stereocenters. The fraction of sp³-hybridized carbons (Fsp3) is 0.471. The molecule has 1 heterocycles. The van der Waals surface area contributed by atoms with E-state index in [0.29, 0.717) is 43.5 Å². The van der Waals surface area contributed by atoms with Crippen LogP contribution in [0.4, 0.5) is 10.5 Å². The molecule has 0 bridgehead atoms. The number of nitrogens with one attached hydrogen (secondary N) is 3. The van der Waals surface area contributed by atoms with E-state index in [2.05, 4.69) is 22.9 Å². The zero-order chi connectivity index (χ0) is 30.9. The Morgan fingerprint density at radius 3 is 2.40 bits per heavy atom. The maximum Gasteiger partial charge on any atom is 0.408 e. The minimum atomic E-state index is -0.869. The van der Waals surface area contributed by atoms with E-state index in [1.54, 1.807) is 18.2 Å². The van der Waals surface area contributed by atoms with Crippen molar-refractivity contribution in [1.82, 2.24) is 10.6 Å². The third-order valence-corrected chi connectivity index (χ3v) is 7.29. The van der Waals surface area contributed by atoms with Gasteiger partial charge < -0.3 is 25.1 Å². The SMILES string of the molecule is CCCCCCCCCC(=O)NCCCC[C@H](NC(=O)OCc1ccccc1)C(=O)Nc1ccc2c(C)cc(=O)oc2c1. The van der Waals surface area contributed by atoms with Crippen molar-refractivity contribution < 1.29 is 23.5 Å². The molecule has 3 N–H and O–H groups in total. The van der Waals surface area contributed by atoms with Gasteiger partial charge in [0.1, 0.15) is 18.2 Å². The zero-order valence-electron chi connectivity index (χ0n) is 25.4. The molecule has 1 aromatic heterocycles. The van der Waals surface area contributed by atoms with Crippen molar-refractivity contribution in [3.8, 4) is 0 Å². The molecule has 0 unspecified atom stereocenters. The van der Waals surface area contributed by atoms with Crippen LogP contribution in [0.15, 0.2) is 63.8 Å². The summed E-state index contributed by atoms with van der Waals surface area (Å²) < 4.78 is 10.6. The smallest absolute Gasteiger partial charge is 0.408 e. The van der Waals surface area contributed by atoms with E-state index in [9.17, 15) is 19.2 Å². The van der Waals surface area contributed by atoms with E-state index >= 15 is 0 Å². The summed E-state index contributed by atoms with van der Waals surface area (Å²) in [7, 11) is 0. The summed E-state index contributed by atoms with van der Waals surface area (Å²) in [6.07, 6.45) is 9.57. The van der Waals surface area contributed by atoms with Gasteiger partial charge in [-0.3, -0.25) is 9.59 Å².